The molecule has 1 saturated heterocycles. The Kier molecular flexibility index (Phi) is 2.39. The van der Waals surface area contributed by atoms with Crippen molar-refractivity contribution in [2.45, 2.75) is 64.5 Å². The first-order valence-corrected chi connectivity index (χ1v) is 5.94. The van der Waals surface area contributed by atoms with Crippen molar-refractivity contribution in [3.8, 4) is 0 Å². The number of hydrogen-bond acceptors (Lipinski definition) is 0. The van der Waals surface area contributed by atoms with Gasteiger partial charge in [-0.25, -0.2) is 0 Å². The van der Waals surface area contributed by atoms with Crippen molar-refractivity contribution in [3.05, 3.63) is 0 Å². The van der Waals surface area contributed by atoms with E-state index in [4.69, 9.17) is 0 Å². The van der Waals surface area contributed by atoms with Gasteiger partial charge in [-0.1, -0.05) is 13.3 Å². The van der Waals surface area contributed by atoms with E-state index < -0.39 is 0 Å². The molecule has 2 rings (SSSR count). The van der Waals surface area contributed by atoms with Crippen molar-refractivity contribution in [3.63, 3.8) is 0 Å². The van der Waals surface area contributed by atoms with Gasteiger partial charge in [0.15, 0.2) is 0 Å². The molecular formula is C12H24N+. The topological polar surface area (TPSA) is 16.6 Å². The van der Waals surface area contributed by atoms with Crippen LogP contribution in [-0.2, 0) is 0 Å². The van der Waals surface area contributed by atoms with Gasteiger partial charge in [0.05, 0.1) is 11.6 Å². The molecule has 1 heteroatoms. The molecule has 1 saturated carbocycles. The quantitative estimate of drug-likeness (QED) is 0.589. The Morgan fingerprint density at radius 2 is 1.85 bits per heavy atom. The molecule has 0 radical (unpaired) electrons. The highest BCUT2D eigenvalue weighted by Crippen LogP contribution is 2.35. The first kappa shape index (κ1) is 9.51. The Morgan fingerprint density at radius 1 is 1.15 bits per heavy atom. The number of fused-ring (bicyclic) bond motifs is 1. The van der Waals surface area contributed by atoms with Gasteiger partial charge in [-0.2, -0.15) is 0 Å². The fourth-order valence-corrected chi connectivity index (χ4v) is 3.73. The molecule has 3 unspecified atom stereocenters. The van der Waals surface area contributed by atoms with E-state index in [-0.39, 0.29) is 0 Å². The predicted octanol–water partition coefficient (Wildman–Crippen LogP) is 1.93. The van der Waals surface area contributed by atoms with Gasteiger partial charge < -0.3 is 5.32 Å². The maximum atomic E-state index is 2.66. The van der Waals surface area contributed by atoms with Crippen LogP contribution in [-0.4, -0.2) is 11.6 Å². The largest absolute Gasteiger partial charge is 0.339 e. The lowest BCUT2D eigenvalue weighted by atomic mass is 9.69. The number of hydrogen-bond donors (Lipinski definition) is 1. The van der Waals surface area contributed by atoms with Crippen molar-refractivity contribution in [2.75, 3.05) is 0 Å². The van der Waals surface area contributed by atoms with Gasteiger partial charge in [0.1, 0.15) is 0 Å². The third-order valence-corrected chi connectivity index (χ3v) is 4.12. The SMILES string of the molecule is CC1CC(C)(C)[NH2+]C2CCCCC12. The van der Waals surface area contributed by atoms with Crippen LogP contribution in [0, 0.1) is 11.8 Å². The van der Waals surface area contributed by atoms with E-state index in [9.17, 15) is 0 Å². The molecule has 0 aromatic heterocycles. The van der Waals surface area contributed by atoms with E-state index in [1.54, 1.807) is 0 Å². The van der Waals surface area contributed by atoms with Gasteiger partial charge in [-0.15, -0.1) is 0 Å². The van der Waals surface area contributed by atoms with Crippen LogP contribution in [0.2, 0.25) is 0 Å². The zero-order valence-electron chi connectivity index (χ0n) is 9.34. The number of rotatable bonds is 0. The molecule has 1 heterocycles. The first-order chi connectivity index (χ1) is 6.08. The maximum Gasteiger partial charge on any atom is 0.0909 e. The minimum atomic E-state index is 0.512. The zero-order chi connectivity index (χ0) is 9.47. The second-order valence-electron chi connectivity index (χ2n) is 5.95. The summed E-state index contributed by atoms with van der Waals surface area (Å²) in [6.45, 7) is 7.29. The molecule has 13 heavy (non-hydrogen) atoms. The highest BCUT2D eigenvalue weighted by atomic mass is 15.0. The van der Waals surface area contributed by atoms with Crippen LogP contribution in [0.4, 0.5) is 0 Å². The third kappa shape index (κ3) is 1.90. The summed E-state index contributed by atoms with van der Waals surface area (Å²) in [5.41, 5.74) is 0.512. The van der Waals surface area contributed by atoms with Gasteiger partial charge in [-0.05, 0) is 39.0 Å². The standard InChI is InChI=1S/C12H23N/c1-9-8-12(2,3)13-11-7-5-4-6-10(9)11/h9-11,13H,4-8H2,1-3H3/p+1. The second-order valence-corrected chi connectivity index (χ2v) is 5.95. The van der Waals surface area contributed by atoms with E-state index in [0.29, 0.717) is 5.54 Å². The molecule has 2 aliphatic rings. The number of nitrogens with two attached hydrogens (primary N) is 1. The van der Waals surface area contributed by atoms with Crippen molar-refractivity contribution in [2.24, 2.45) is 11.8 Å². The average molecular weight is 182 g/mol. The average Bonchev–Trinajstić information content (AvgIpc) is 2.02. The lowest BCUT2D eigenvalue weighted by Gasteiger charge is -2.45. The van der Waals surface area contributed by atoms with Crippen LogP contribution in [0.3, 0.4) is 0 Å². The Hall–Kier alpha value is -0.0400. The van der Waals surface area contributed by atoms with Crippen molar-refractivity contribution < 1.29 is 5.32 Å². The van der Waals surface area contributed by atoms with Gasteiger partial charge in [0.2, 0.25) is 0 Å². The smallest absolute Gasteiger partial charge is 0.0909 e. The molecule has 1 aliphatic heterocycles. The van der Waals surface area contributed by atoms with Crippen LogP contribution in [0.25, 0.3) is 0 Å². The van der Waals surface area contributed by atoms with Gasteiger partial charge in [0.25, 0.3) is 0 Å². The predicted molar refractivity (Wildman–Crippen MR) is 55.5 cm³/mol. The lowest BCUT2D eigenvalue weighted by molar-refractivity contribution is -0.770. The molecule has 3 atom stereocenters. The minimum absolute atomic E-state index is 0.512. The summed E-state index contributed by atoms with van der Waals surface area (Å²) in [6, 6.07) is 0.951. The lowest BCUT2D eigenvalue weighted by Crippen LogP contribution is -3.03. The monoisotopic (exact) mass is 182 g/mol. The van der Waals surface area contributed by atoms with Gasteiger partial charge >= 0.3 is 0 Å². The summed E-state index contributed by atoms with van der Waals surface area (Å²) in [5.74, 6) is 1.99. The summed E-state index contributed by atoms with van der Waals surface area (Å²) < 4.78 is 0. The molecule has 0 bridgehead atoms. The van der Waals surface area contributed by atoms with E-state index in [0.717, 1.165) is 17.9 Å². The highest BCUT2D eigenvalue weighted by molar-refractivity contribution is 4.86. The molecule has 0 aromatic carbocycles. The van der Waals surface area contributed by atoms with Crippen LogP contribution in [0.5, 0.6) is 0 Å². The zero-order valence-corrected chi connectivity index (χ0v) is 9.34. The summed E-state index contributed by atoms with van der Waals surface area (Å²) >= 11 is 0. The maximum absolute atomic E-state index is 2.66. The van der Waals surface area contributed by atoms with Gasteiger partial charge in [0, 0.05) is 12.3 Å². The minimum Gasteiger partial charge on any atom is -0.339 e. The molecular weight excluding hydrogens is 158 g/mol. The Bertz CT molecular complexity index is 186. The summed E-state index contributed by atoms with van der Waals surface area (Å²) in [5, 5.41) is 2.66. The van der Waals surface area contributed by atoms with E-state index >= 15 is 0 Å². The first-order valence-electron chi connectivity index (χ1n) is 5.94. The van der Waals surface area contributed by atoms with E-state index in [1.165, 1.54) is 32.1 Å². The van der Waals surface area contributed by atoms with Crippen LogP contribution in [0.1, 0.15) is 52.9 Å². The van der Waals surface area contributed by atoms with Crippen LogP contribution >= 0.6 is 0 Å². The van der Waals surface area contributed by atoms with Crippen molar-refractivity contribution >= 4 is 0 Å². The normalized spacial score (nSPS) is 44.1. The molecule has 2 N–H and O–H groups in total. The highest BCUT2D eigenvalue weighted by Gasteiger charge is 2.42. The Labute approximate surface area is 82.3 Å². The van der Waals surface area contributed by atoms with Gasteiger partial charge in [-0.3, -0.25) is 0 Å². The molecule has 0 amide bonds. The summed E-state index contributed by atoms with van der Waals surface area (Å²) in [6.07, 6.45) is 7.34. The van der Waals surface area contributed by atoms with Crippen LogP contribution in [0.15, 0.2) is 0 Å². The Balaban J connectivity index is 2.07. The van der Waals surface area contributed by atoms with Crippen molar-refractivity contribution in [1.82, 2.24) is 0 Å². The van der Waals surface area contributed by atoms with E-state index in [1.807, 2.05) is 0 Å². The molecule has 1 nitrogen and oxygen atoms in total. The molecule has 0 spiro atoms. The molecule has 1 aliphatic carbocycles. The third-order valence-electron chi connectivity index (χ3n) is 4.12. The summed E-state index contributed by atoms with van der Waals surface area (Å²) in [4.78, 5) is 0. The Morgan fingerprint density at radius 3 is 2.62 bits per heavy atom. The fraction of sp³-hybridized carbons (Fsp3) is 1.00. The molecule has 0 aromatic rings. The number of quaternary nitrogens is 1. The molecule has 2 fully saturated rings. The van der Waals surface area contributed by atoms with Crippen LogP contribution < -0.4 is 5.32 Å². The van der Waals surface area contributed by atoms with E-state index in [2.05, 4.69) is 26.1 Å². The number of piperidine rings is 1. The van der Waals surface area contributed by atoms with Crippen molar-refractivity contribution in [1.29, 1.82) is 0 Å². The summed E-state index contributed by atoms with van der Waals surface area (Å²) in [7, 11) is 0. The fourth-order valence-electron chi connectivity index (χ4n) is 3.73. The molecule has 76 valence electrons. The second kappa shape index (κ2) is 3.27.